The van der Waals surface area contributed by atoms with Crippen LogP contribution in [0.5, 0.6) is 5.75 Å². The minimum atomic E-state index is -1.55. The van der Waals surface area contributed by atoms with Crippen LogP contribution in [0.15, 0.2) is 46.9 Å². The van der Waals surface area contributed by atoms with Gasteiger partial charge in [-0.3, -0.25) is 14.9 Å². The highest BCUT2D eigenvalue weighted by Gasteiger charge is 2.53. The number of imide groups is 1. The first-order chi connectivity index (χ1) is 16.4. The normalized spacial score (nSPS) is 19.5. The number of carbonyl (C=O) groups excluding carboxylic acids is 3. The van der Waals surface area contributed by atoms with Crippen LogP contribution in [0.3, 0.4) is 0 Å². The van der Waals surface area contributed by atoms with E-state index < -0.39 is 17.5 Å². The summed E-state index contributed by atoms with van der Waals surface area (Å²) in [4.78, 5) is 39.9. The highest BCUT2D eigenvalue weighted by molar-refractivity contribution is 6.08. The summed E-state index contributed by atoms with van der Waals surface area (Å²) in [5.74, 6) is 0.0261. The van der Waals surface area contributed by atoms with Crippen molar-refractivity contribution in [2.45, 2.75) is 18.6 Å². The Morgan fingerprint density at radius 1 is 1.18 bits per heavy atom. The van der Waals surface area contributed by atoms with E-state index in [-0.39, 0.29) is 18.2 Å². The molecule has 10 nitrogen and oxygen atoms in total. The molecular formula is C24H25N5O5. The van der Waals surface area contributed by atoms with Crippen molar-refractivity contribution in [1.82, 2.24) is 20.9 Å². The lowest BCUT2D eigenvalue weighted by Crippen LogP contribution is -2.52. The smallest absolute Gasteiger partial charge is 0.322 e. The van der Waals surface area contributed by atoms with Crippen molar-refractivity contribution in [3.63, 3.8) is 0 Å². The van der Waals surface area contributed by atoms with Crippen molar-refractivity contribution in [3.05, 3.63) is 64.9 Å². The van der Waals surface area contributed by atoms with Gasteiger partial charge in [-0.2, -0.15) is 0 Å². The van der Waals surface area contributed by atoms with E-state index in [2.05, 4.69) is 16.0 Å². The first-order valence-electron chi connectivity index (χ1n) is 11.0. The molecule has 2 aliphatic rings. The van der Waals surface area contributed by atoms with Crippen LogP contribution in [0.25, 0.3) is 11.0 Å². The minimum Gasteiger partial charge on any atom is -0.497 e. The molecule has 1 atom stereocenters. The van der Waals surface area contributed by atoms with E-state index in [0.717, 1.165) is 16.5 Å². The van der Waals surface area contributed by atoms with Crippen LogP contribution < -0.4 is 26.4 Å². The second kappa shape index (κ2) is 8.47. The zero-order valence-electron chi connectivity index (χ0n) is 18.6. The number of nitrogens with zero attached hydrogens (tertiary/aromatic N) is 1. The fourth-order valence-electron chi connectivity index (χ4n) is 4.48. The maximum atomic E-state index is 13.1. The van der Waals surface area contributed by atoms with Crippen molar-refractivity contribution in [2.75, 3.05) is 26.7 Å². The molecule has 2 aromatic carbocycles. The van der Waals surface area contributed by atoms with Gasteiger partial charge in [-0.15, -0.1) is 0 Å². The number of rotatable bonds is 8. The number of methoxy groups -OCH3 is 1. The molecule has 176 valence electrons. The van der Waals surface area contributed by atoms with Crippen LogP contribution in [0.1, 0.15) is 27.2 Å². The standard InChI is InChI=1S/C24H25N5O5/c1-33-17-4-3-15-12-29(21(30)18(15)10-17)13-24(22(31)27-23(32)28-24)20-9-16-8-14(11-26-7-6-25)2-5-19(16)34-20/h2-5,8-10,26H,6-7,11-13,25H2,1H3,(H2,27,28,31,32)/t24-/m0/s1. The maximum Gasteiger partial charge on any atom is 0.322 e. The van der Waals surface area contributed by atoms with Gasteiger partial charge in [-0.05, 0) is 41.5 Å². The van der Waals surface area contributed by atoms with Crippen molar-refractivity contribution in [3.8, 4) is 5.75 Å². The summed E-state index contributed by atoms with van der Waals surface area (Å²) in [6.45, 7) is 2.11. The van der Waals surface area contributed by atoms with Gasteiger partial charge in [-0.25, -0.2) is 4.79 Å². The van der Waals surface area contributed by atoms with Gasteiger partial charge in [0.05, 0.1) is 13.7 Å². The second-order valence-corrected chi connectivity index (χ2v) is 8.45. The van der Waals surface area contributed by atoms with E-state index in [9.17, 15) is 14.4 Å². The maximum absolute atomic E-state index is 13.1. The number of nitrogens with one attached hydrogen (secondary N) is 3. The molecule has 3 heterocycles. The summed E-state index contributed by atoms with van der Waals surface area (Å²) >= 11 is 0. The Bertz CT molecular complexity index is 1300. The van der Waals surface area contributed by atoms with Gasteiger partial charge < -0.3 is 30.4 Å². The number of carbonyl (C=O) groups is 3. The Hall–Kier alpha value is -3.89. The number of ether oxygens (including phenoxy) is 1. The first-order valence-corrected chi connectivity index (χ1v) is 11.0. The molecule has 34 heavy (non-hydrogen) atoms. The van der Waals surface area contributed by atoms with Crippen LogP contribution in [0, 0.1) is 0 Å². The molecule has 0 bridgehead atoms. The van der Waals surface area contributed by atoms with Gasteiger partial charge in [-0.1, -0.05) is 12.1 Å². The summed E-state index contributed by atoms with van der Waals surface area (Å²) in [6.07, 6.45) is 0. The number of amides is 4. The van der Waals surface area contributed by atoms with Gasteiger partial charge in [0, 0.05) is 37.1 Å². The molecule has 3 aromatic rings. The quantitative estimate of drug-likeness (QED) is 0.291. The van der Waals surface area contributed by atoms with Gasteiger partial charge in [0.15, 0.2) is 5.54 Å². The summed E-state index contributed by atoms with van der Waals surface area (Å²) in [5, 5.41) is 9.03. The van der Waals surface area contributed by atoms with Crippen molar-refractivity contribution in [1.29, 1.82) is 0 Å². The Morgan fingerprint density at radius 2 is 2.03 bits per heavy atom. The lowest BCUT2D eigenvalue weighted by Gasteiger charge is -2.29. The Balaban J connectivity index is 1.47. The van der Waals surface area contributed by atoms with Crippen molar-refractivity contribution >= 4 is 28.8 Å². The molecule has 1 aromatic heterocycles. The van der Waals surface area contributed by atoms with Gasteiger partial charge in [0.2, 0.25) is 0 Å². The summed E-state index contributed by atoms with van der Waals surface area (Å²) in [6, 6.07) is 12.1. The molecule has 0 aliphatic carbocycles. The van der Waals surface area contributed by atoms with Crippen LogP contribution in [-0.2, 0) is 23.4 Å². The Labute approximate surface area is 195 Å². The molecule has 0 unspecified atom stereocenters. The van der Waals surface area contributed by atoms with Crippen molar-refractivity contribution in [2.24, 2.45) is 5.73 Å². The molecule has 0 spiro atoms. The summed E-state index contributed by atoms with van der Waals surface area (Å²) < 4.78 is 11.3. The van der Waals surface area contributed by atoms with E-state index in [4.69, 9.17) is 14.9 Å². The number of benzene rings is 2. The molecule has 10 heteroatoms. The zero-order valence-corrected chi connectivity index (χ0v) is 18.6. The third-order valence-electron chi connectivity index (χ3n) is 6.22. The highest BCUT2D eigenvalue weighted by Crippen LogP contribution is 2.35. The van der Waals surface area contributed by atoms with E-state index in [0.29, 0.717) is 43.1 Å². The average molecular weight is 463 g/mol. The summed E-state index contributed by atoms with van der Waals surface area (Å²) in [7, 11) is 1.54. The Morgan fingerprint density at radius 3 is 2.76 bits per heavy atom. The number of fused-ring (bicyclic) bond motifs is 2. The van der Waals surface area contributed by atoms with Gasteiger partial charge >= 0.3 is 6.03 Å². The second-order valence-electron chi connectivity index (χ2n) is 8.45. The Kier molecular flexibility index (Phi) is 5.46. The molecule has 5 rings (SSSR count). The average Bonchev–Trinajstić information content (AvgIpc) is 3.47. The molecule has 2 aliphatic heterocycles. The number of urea groups is 1. The fourth-order valence-corrected chi connectivity index (χ4v) is 4.48. The molecule has 1 fully saturated rings. The predicted octanol–water partition coefficient (Wildman–Crippen LogP) is 1.18. The van der Waals surface area contributed by atoms with E-state index in [1.165, 1.54) is 12.0 Å². The lowest BCUT2D eigenvalue weighted by molar-refractivity contribution is -0.125. The van der Waals surface area contributed by atoms with E-state index >= 15 is 0 Å². The fraction of sp³-hybridized carbons (Fsp3) is 0.292. The summed E-state index contributed by atoms with van der Waals surface area (Å²) in [5.41, 5.74) is 6.93. The van der Waals surface area contributed by atoms with Crippen LogP contribution in [-0.4, -0.2) is 49.5 Å². The molecule has 4 amide bonds. The molecule has 0 saturated carbocycles. The largest absolute Gasteiger partial charge is 0.497 e. The molecule has 0 radical (unpaired) electrons. The third-order valence-corrected chi connectivity index (χ3v) is 6.22. The van der Waals surface area contributed by atoms with Gasteiger partial charge in [0.25, 0.3) is 11.8 Å². The third kappa shape index (κ3) is 3.66. The number of nitrogens with two attached hydrogens (primary N) is 1. The zero-order chi connectivity index (χ0) is 23.9. The number of hydrogen-bond acceptors (Lipinski definition) is 7. The van der Waals surface area contributed by atoms with E-state index in [1.807, 2.05) is 24.3 Å². The molecule has 1 saturated heterocycles. The molecule has 5 N–H and O–H groups in total. The SMILES string of the molecule is COc1ccc2c(c1)C(=O)N(C[C@@]1(c3cc4cc(CNCCN)ccc4o3)NC(=O)NC1=O)C2. The highest BCUT2D eigenvalue weighted by atomic mass is 16.5. The molecular weight excluding hydrogens is 438 g/mol. The topological polar surface area (TPSA) is 139 Å². The van der Waals surface area contributed by atoms with Gasteiger partial charge in [0.1, 0.15) is 17.1 Å². The predicted molar refractivity (Wildman–Crippen MR) is 123 cm³/mol. The van der Waals surface area contributed by atoms with E-state index in [1.54, 1.807) is 18.2 Å². The lowest BCUT2D eigenvalue weighted by atomic mass is 9.95. The van der Waals surface area contributed by atoms with Crippen LogP contribution >= 0.6 is 0 Å². The van der Waals surface area contributed by atoms with Crippen molar-refractivity contribution < 1.29 is 23.5 Å². The van der Waals surface area contributed by atoms with Crippen LogP contribution in [0.4, 0.5) is 4.79 Å². The number of hydrogen-bond donors (Lipinski definition) is 4. The first kappa shape index (κ1) is 21.9. The number of furan rings is 1. The monoisotopic (exact) mass is 463 g/mol. The minimum absolute atomic E-state index is 0.0782. The van der Waals surface area contributed by atoms with Crippen LogP contribution in [0.2, 0.25) is 0 Å².